The predicted octanol–water partition coefficient (Wildman–Crippen LogP) is 14.1. The highest BCUT2D eigenvalue weighted by atomic mass is 16.5. The minimum atomic E-state index is 0. The number of rotatable bonds is 13. The van der Waals surface area contributed by atoms with Gasteiger partial charge in [-0.3, -0.25) is 0 Å². The Morgan fingerprint density at radius 1 is 0.415 bits per heavy atom. The van der Waals surface area contributed by atoms with Crippen molar-refractivity contribution in [3.05, 3.63) is 169 Å². The number of unbranched alkanes of at least 4 members (excludes halogenated alkanes) is 1. The number of aromatic nitrogens is 2. The van der Waals surface area contributed by atoms with Crippen LogP contribution in [-0.2, 0) is 0 Å². The first-order valence-corrected chi connectivity index (χ1v) is 21.6. The molecule has 8 nitrogen and oxygen atoms in total. The summed E-state index contributed by atoms with van der Waals surface area (Å²) in [6.07, 6.45) is 1.41. The molecule has 326 valence electrons. The molecule has 2 heterocycles. The molecule has 8 aromatic carbocycles. The number of ether oxygens (including phenoxy) is 4. The second-order valence-corrected chi connectivity index (χ2v) is 16.2. The Hall–Kier alpha value is -7.84. The quantitative estimate of drug-likeness (QED) is 0.112. The summed E-state index contributed by atoms with van der Waals surface area (Å²) < 4.78 is 28.6. The molecule has 10 aromatic rings. The molecule has 0 spiro atoms. The fourth-order valence-corrected chi connectivity index (χ4v) is 9.15. The molecule has 0 saturated heterocycles. The number of hydrogen-bond acceptors (Lipinski definition) is 6. The fourth-order valence-electron chi connectivity index (χ4n) is 9.15. The first-order chi connectivity index (χ1) is 31.3. The van der Waals surface area contributed by atoms with Crippen molar-refractivity contribution in [2.24, 2.45) is 0 Å². The first-order valence-electron chi connectivity index (χ1n) is 21.6. The summed E-state index contributed by atoms with van der Waals surface area (Å²) in [5.41, 5.74) is 10.2. The van der Waals surface area contributed by atoms with E-state index in [2.05, 4.69) is 57.7 Å². The van der Waals surface area contributed by atoms with Crippen molar-refractivity contribution in [2.45, 2.75) is 34.1 Å². The standard InChI is InChI=1S/C56H48N2O6.CH4/c1-35-29-45(55(59)51(31-35)57-47-19-9-5-15-39(47)40-16-6-10-20-48(40)57)43-33-37(61-3)23-25-53(43)63-27-13-14-28-64-54-26-24-38(62-4)34-44(54)46-30-36(2)32-52(56(46)60)58-49-21-11-7-17-41(49)42-18-8-12-22-50(42)58;/h5-12,15-26,29-34,59-60H,13-14,27-28H2,1-4H3;1H4. The van der Waals surface area contributed by atoms with Crippen LogP contribution in [0.3, 0.4) is 0 Å². The van der Waals surface area contributed by atoms with Crippen LogP contribution in [0.25, 0.3) is 77.2 Å². The molecular formula is C57H52N2O6. The molecule has 0 amide bonds. The molecule has 2 aromatic heterocycles. The van der Waals surface area contributed by atoms with Gasteiger partial charge in [-0.15, -0.1) is 0 Å². The van der Waals surface area contributed by atoms with Crippen molar-refractivity contribution in [1.82, 2.24) is 9.13 Å². The molecule has 0 fully saturated rings. The summed E-state index contributed by atoms with van der Waals surface area (Å²) in [7, 11) is 3.27. The van der Waals surface area contributed by atoms with Gasteiger partial charge in [0.2, 0.25) is 0 Å². The number of phenolic OH excluding ortho intramolecular Hbond substituents is 2. The van der Waals surface area contributed by atoms with E-state index < -0.39 is 0 Å². The van der Waals surface area contributed by atoms with Crippen LogP contribution in [0.5, 0.6) is 34.5 Å². The summed E-state index contributed by atoms with van der Waals surface area (Å²) >= 11 is 0. The van der Waals surface area contributed by atoms with Gasteiger partial charge in [0.15, 0.2) is 0 Å². The van der Waals surface area contributed by atoms with Crippen LogP contribution < -0.4 is 18.9 Å². The van der Waals surface area contributed by atoms with E-state index in [4.69, 9.17) is 18.9 Å². The van der Waals surface area contributed by atoms with Crippen molar-refractivity contribution in [2.75, 3.05) is 27.4 Å². The topological polar surface area (TPSA) is 87.2 Å². The average Bonchev–Trinajstić information content (AvgIpc) is 3.84. The molecule has 10 rings (SSSR count). The number of phenols is 2. The Morgan fingerprint density at radius 3 is 1.09 bits per heavy atom. The van der Waals surface area contributed by atoms with E-state index in [1.54, 1.807) is 14.2 Å². The number of methoxy groups -OCH3 is 2. The molecule has 8 heteroatoms. The van der Waals surface area contributed by atoms with E-state index in [0.29, 0.717) is 71.6 Å². The number of fused-ring (bicyclic) bond motifs is 6. The average molecular weight is 861 g/mol. The Kier molecular flexibility index (Phi) is 11.6. The molecule has 2 N–H and O–H groups in total. The number of aryl methyl sites for hydroxylation is 2. The van der Waals surface area contributed by atoms with E-state index in [1.165, 1.54) is 0 Å². The molecule has 0 bridgehead atoms. The van der Waals surface area contributed by atoms with E-state index in [1.807, 2.05) is 123 Å². The van der Waals surface area contributed by atoms with Gasteiger partial charge in [0.25, 0.3) is 0 Å². The second kappa shape index (κ2) is 17.7. The van der Waals surface area contributed by atoms with Crippen LogP contribution in [0.1, 0.15) is 31.4 Å². The van der Waals surface area contributed by atoms with Gasteiger partial charge in [-0.1, -0.05) is 80.2 Å². The van der Waals surface area contributed by atoms with Gasteiger partial charge in [0, 0.05) is 43.8 Å². The third-order valence-corrected chi connectivity index (χ3v) is 12.1. The molecule has 0 aliphatic heterocycles. The van der Waals surface area contributed by atoms with Crippen molar-refractivity contribution in [3.8, 4) is 68.1 Å². The number of benzene rings is 8. The van der Waals surface area contributed by atoms with Crippen LogP contribution in [0.4, 0.5) is 0 Å². The predicted molar refractivity (Wildman–Crippen MR) is 265 cm³/mol. The maximum atomic E-state index is 12.2. The van der Waals surface area contributed by atoms with E-state index in [-0.39, 0.29) is 18.9 Å². The van der Waals surface area contributed by atoms with Gasteiger partial charge in [-0.05, 0) is 123 Å². The maximum absolute atomic E-state index is 12.2. The summed E-state index contributed by atoms with van der Waals surface area (Å²) in [4.78, 5) is 0. The highest BCUT2D eigenvalue weighted by molar-refractivity contribution is 6.10. The highest BCUT2D eigenvalue weighted by Crippen LogP contribution is 2.46. The van der Waals surface area contributed by atoms with Crippen molar-refractivity contribution < 1.29 is 29.2 Å². The number of nitrogens with zero attached hydrogens (tertiary/aromatic N) is 2. The summed E-state index contributed by atoms with van der Waals surface area (Å²) in [5.74, 6) is 2.91. The molecule has 0 aliphatic carbocycles. The Labute approximate surface area is 379 Å². The zero-order valence-electron chi connectivity index (χ0n) is 36.3. The maximum Gasteiger partial charge on any atom is 0.147 e. The van der Waals surface area contributed by atoms with Crippen molar-refractivity contribution in [1.29, 1.82) is 0 Å². The second-order valence-electron chi connectivity index (χ2n) is 16.2. The molecule has 0 saturated carbocycles. The smallest absolute Gasteiger partial charge is 0.147 e. The van der Waals surface area contributed by atoms with Gasteiger partial charge in [0.05, 0.1) is 60.9 Å². The van der Waals surface area contributed by atoms with E-state index in [9.17, 15) is 10.2 Å². The van der Waals surface area contributed by atoms with E-state index in [0.717, 1.165) is 65.9 Å². The third kappa shape index (κ3) is 7.61. The summed E-state index contributed by atoms with van der Waals surface area (Å²) in [6.45, 7) is 4.93. The SMILES string of the molecule is C.COc1ccc(OCCCCOc2ccc(OC)cc2-c2cc(C)cc(-n3c4ccccc4c4ccccc43)c2O)c(-c2cc(C)cc(-n3c4ccccc4c4ccccc43)c2O)c1. The molecule has 0 atom stereocenters. The number of para-hydroxylation sites is 4. The lowest BCUT2D eigenvalue weighted by Crippen LogP contribution is -2.05. The summed E-state index contributed by atoms with van der Waals surface area (Å²) in [5, 5.41) is 28.8. The number of aromatic hydroxyl groups is 2. The van der Waals surface area contributed by atoms with Crippen LogP contribution in [0.15, 0.2) is 158 Å². The molecule has 0 radical (unpaired) electrons. The molecule has 0 unspecified atom stereocenters. The Balaban J connectivity index is 0.00000533. The van der Waals surface area contributed by atoms with Crippen LogP contribution in [0, 0.1) is 13.8 Å². The molecule has 0 aliphatic rings. The van der Waals surface area contributed by atoms with Gasteiger partial charge < -0.3 is 38.3 Å². The van der Waals surface area contributed by atoms with Crippen LogP contribution >= 0.6 is 0 Å². The lowest BCUT2D eigenvalue weighted by Gasteiger charge is -2.19. The van der Waals surface area contributed by atoms with Gasteiger partial charge in [0.1, 0.15) is 34.5 Å². The minimum absolute atomic E-state index is 0. The van der Waals surface area contributed by atoms with E-state index >= 15 is 0 Å². The van der Waals surface area contributed by atoms with Gasteiger partial charge >= 0.3 is 0 Å². The Morgan fingerprint density at radius 2 is 0.754 bits per heavy atom. The third-order valence-electron chi connectivity index (χ3n) is 12.1. The van der Waals surface area contributed by atoms with Crippen LogP contribution in [0.2, 0.25) is 0 Å². The van der Waals surface area contributed by atoms with Crippen molar-refractivity contribution in [3.63, 3.8) is 0 Å². The normalized spacial score (nSPS) is 11.3. The Bertz CT molecular complexity index is 3050. The lowest BCUT2D eigenvalue weighted by atomic mass is 9.99. The zero-order chi connectivity index (χ0) is 43.9. The lowest BCUT2D eigenvalue weighted by molar-refractivity contribution is 0.267. The minimum Gasteiger partial charge on any atom is -0.505 e. The van der Waals surface area contributed by atoms with Crippen molar-refractivity contribution >= 4 is 43.6 Å². The molecular weight excluding hydrogens is 809 g/mol. The monoisotopic (exact) mass is 860 g/mol. The zero-order valence-corrected chi connectivity index (χ0v) is 36.3. The molecule has 65 heavy (non-hydrogen) atoms. The van der Waals surface area contributed by atoms with Gasteiger partial charge in [-0.2, -0.15) is 0 Å². The van der Waals surface area contributed by atoms with Crippen LogP contribution in [-0.4, -0.2) is 46.8 Å². The fraction of sp³-hybridized carbons (Fsp3) is 0.158. The van der Waals surface area contributed by atoms with Gasteiger partial charge in [-0.25, -0.2) is 0 Å². The largest absolute Gasteiger partial charge is 0.505 e. The summed E-state index contributed by atoms with van der Waals surface area (Å²) in [6, 6.07) is 52.6. The number of hydrogen-bond donors (Lipinski definition) is 2. The highest BCUT2D eigenvalue weighted by Gasteiger charge is 2.22. The first kappa shape index (κ1) is 42.5.